The summed E-state index contributed by atoms with van der Waals surface area (Å²) in [6.07, 6.45) is 1.01. The summed E-state index contributed by atoms with van der Waals surface area (Å²) < 4.78 is 11.4. The molecule has 5 aromatic rings. The van der Waals surface area contributed by atoms with E-state index in [2.05, 4.69) is 33.9 Å². The summed E-state index contributed by atoms with van der Waals surface area (Å²) in [7, 11) is 0. The number of aromatic nitrogens is 1. The maximum atomic E-state index is 14.0. The largest absolute Gasteiger partial charge is 0.492 e. The van der Waals surface area contributed by atoms with Gasteiger partial charge >= 0.3 is 6.09 Å². The van der Waals surface area contributed by atoms with Crippen LogP contribution < -0.4 is 25.6 Å². The Morgan fingerprint density at radius 1 is 1.00 bits per heavy atom. The van der Waals surface area contributed by atoms with Gasteiger partial charge in [0.05, 0.1) is 11.4 Å². The third-order valence-electron chi connectivity index (χ3n) is 8.11. The van der Waals surface area contributed by atoms with Gasteiger partial charge < -0.3 is 35.1 Å². The average Bonchev–Trinajstić information content (AvgIpc) is 3.50. The highest BCUT2D eigenvalue weighted by atomic mass is 16.6. The zero-order valence-corrected chi connectivity index (χ0v) is 26.2. The van der Waals surface area contributed by atoms with E-state index in [9.17, 15) is 14.7 Å². The first kappa shape index (κ1) is 31.7. The van der Waals surface area contributed by atoms with E-state index in [0.29, 0.717) is 24.4 Å². The van der Waals surface area contributed by atoms with Gasteiger partial charge in [0.25, 0.3) is 5.91 Å². The van der Waals surface area contributed by atoms with E-state index >= 15 is 0 Å². The molecule has 0 spiro atoms. The number of ether oxygens (including phenoxy) is 2. The number of aromatic amines is 1. The van der Waals surface area contributed by atoms with Gasteiger partial charge in [0.2, 0.25) is 0 Å². The quantitative estimate of drug-likeness (QED) is 0.0906. The van der Waals surface area contributed by atoms with Crippen molar-refractivity contribution in [3.05, 3.63) is 114 Å². The standard InChI is InChI=1S/C37H39N5O5/c1-25-16-19-42(33-10-6-5-9-32(33)41-25)36(44)29-11-13-30(27-12-14-31-28(21-27)15-17-38-31)34(22-29)46-20-18-39-35(43)24-47-37(45)40-23-26-7-3-2-4-8-26/h2-15,17,21-22,25,35,38-39,41,43H,16,18-20,23-24H2,1H3,(H,40,45). The number of nitrogens with zero attached hydrogens (tertiary/aromatic N) is 1. The van der Waals surface area contributed by atoms with Crippen molar-refractivity contribution in [3.63, 3.8) is 0 Å². The Bertz CT molecular complexity index is 1820. The van der Waals surface area contributed by atoms with E-state index in [-0.39, 0.29) is 31.7 Å². The molecule has 5 N–H and O–H groups in total. The van der Waals surface area contributed by atoms with Crippen LogP contribution in [0.1, 0.15) is 29.3 Å². The van der Waals surface area contributed by atoms with E-state index in [1.807, 2.05) is 96.0 Å². The minimum Gasteiger partial charge on any atom is -0.492 e. The van der Waals surface area contributed by atoms with Crippen LogP contribution in [0.15, 0.2) is 103 Å². The van der Waals surface area contributed by atoms with Crippen LogP contribution in [0.2, 0.25) is 0 Å². The monoisotopic (exact) mass is 633 g/mol. The fraction of sp³-hybridized carbons (Fsp3) is 0.243. The Labute approximate surface area is 273 Å². The van der Waals surface area contributed by atoms with E-state index in [1.165, 1.54) is 0 Å². The number of fused-ring (bicyclic) bond motifs is 2. The van der Waals surface area contributed by atoms with Gasteiger partial charge in [-0.1, -0.05) is 48.5 Å². The van der Waals surface area contributed by atoms with E-state index in [0.717, 1.165) is 45.4 Å². The Balaban J connectivity index is 1.12. The second-order valence-electron chi connectivity index (χ2n) is 11.6. The van der Waals surface area contributed by atoms with Crippen molar-refractivity contribution < 1.29 is 24.2 Å². The van der Waals surface area contributed by atoms with Crippen molar-refractivity contribution in [3.8, 4) is 16.9 Å². The van der Waals surface area contributed by atoms with Gasteiger partial charge in [0.15, 0.2) is 0 Å². The van der Waals surface area contributed by atoms with E-state index in [4.69, 9.17) is 9.47 Å². The molecule has 47 heavy (non-hydrogen) atoms. The predicted octanol–water partition coefficient (Wildman–Crippen LogP) is 5.90. The maximum Gasteiger partial charge on any atom is 0.407 e. The first-order valence-corrected chi connectivity index (χ1v) is 15.8. The molecule has 6 rings (SSSR count). The Hall–Kier alpha value is -5.32. The number of nitrogens with one attached hydrogen (secondary N) is 4. The summed E-state index contributed by atoms with van der Waals surface area (Å²) in [4.78, 5) is 31.1. The molecule has 2 atom stereocenters. The molecule has 0 saturated heterocycles. The van der Waals surface area contributed by atoms with Crippen LogP contribution in [0, 0.1) is 0 Å². The Morgan fingerprint density at radius 3 is 2.70 bits per heavy atom. The fourth-order valence-electron chi connectivity index (χ4n) is 5.63. The highest BCUT2D eigenvalue weighted by Crippen LogP contribution is 2.35. The first-order chi connectivity index (χ1) is 22.9. The molecule has 242 valence electrons. The zero-order chi connectivity index (χ0) is 32.6. The highest BCUT2D eigenvalue weighted by Gasteiger charge is 2.25. The number of hydrogen-bond acceptors (Lipinski definition) is 7. The number of rotatable bonds is 11. The van der Waals surface area contributed by atoms with E-state index in [1.54, 1.807) is 6.07 Å². The van der Waals surface area contributed by atoms with Crippen LogP contribution in [0.5, 0.6) is 5.75 Å². The predicted molar refractivity (Wildman–Crippen MR) is 184 cm³/mol. The molecule has 1 aliphatic rings. The first-order valence-electron chi connectivity index (χ1n) is 15.8. The third kappa shape index (κ3) is 7.92. The summed E-state index contributed by atoms with van der Waals surface area (Å²) in [6, 6.07) is 31.3. The number of carbonyl (C=O) groups excluding carboxylic acids is 2. The maximum absolute atomic E-state index is 14.0. The van der Waals surface area contributed by atoms with Crippen molar-refractivity contribution in [2.24, 2.45) is 0 Å². The van der Waals surface area contributed by atoms with Crippen LogP contribution in [0.25, 0.3) is 22.0 Å². The lowest BCUT2D eigenvalue weighted by Crippen LogP contribution is -2.38. The number of amides is 2. The molecule has 2 heterocycles. The highest BCUT2D eigenvalue weighted by molar-refractivity contribution is 6.08. The molecule has 2 unspecified atom stereocenters. The van der Waals surface area contributed by atoms with Crippen LogP contribution in [-0.4, -0.2) is 60.7 Å². The average molecular weight is 634 g/mol. The molecular formula is C37H39N5O5. The number of carbonyl (C=O) groups is 2. The minimum atomic E-state index is -1.08. The molecule has 0 radical (unpaired) electrons. The molecule has 4 aromatic carbocycles. The van der Waals surface area contributed by atoms with Crippen molar-refractivity contribution in [1.82, 2.24) is 15.6 Å². The summed E-state index contributed by atoms with van der Waals surface area (Å²) >= 11 is 0. The van der Waals surface area contributed by atoms with Crippen molar-refractivity contribution >= 4 is 34.3 Å². The lowest BCUT2D eigenvalue weighted by molar-refractivity contribution is 0.0465. The number of alkyl carbamates (subject to hydrolysis) is 1. The zero-order valence-electron chi connectivity index (χ0n) is 26.2. The topological polar surface area (TPSA) is 128 Å². The molecule has 0 saturated carbocycles. The van der Waals surface area contributed by atoms with Crippen LogP contribution in [0.4, 0.5) is 16.2 Å². The summed E-state index contributed by atoms with van der Waals surface area (Å²) in [5, 5.41) is 20.5. The molecule has 0 fully saturated rings. The van der Waals surface area contributed by atoms with Crippen molar-refractivity contribution in [2.75, 3.05) is 36.5 Å². The third-order valence-corrected chi connectivity index (χ3v) is 8.11. The lowest BCUT2D eigenvalue weighted by Gasteiger charge is -2.23. The fourth-order valence-corrected chi connectivity index (χ4v) is 5.63. The van der Waals surface area contributed by atoms with Gasteiger partial charge in [0.1, 0.15) is 25.2 Å². The van der Waals surface area contributed by atoms with E-state index < -0.39 is 12.3 Å². The van der Waals surface area contributed by atoms with Crippen LogP contribution in [0.3, 0.4) is 0 Å². The molecule has 10 nitrogen and oxygen atoms in total. The second-order valence-corrected chi connectivity index (χ2v) is 11.6. The molecule has 0 bridgehead atoms. The number of benzene rings is 4. The van der Waals surface area contributed by atoms with Gasteiger partial charge in [-0.15, -0.1) is 0 Å². The summed E-state index contributed by atoms with van der Waals surface area (Å²) in [6.45, 7) is 3.27. The van der Waals surface area contributed by atoms with Gasteiger partial charge in [-0.2, -0.15) is 0 Å². The number of hydrogen-bond donors (Lipinski definition) is 5. The normalized spacial score (nSPS) is 14.9. The van der Waals surface area contributed by atoms with Gasteiger partial charge in [-0.3, -0.25) is 10.1 Å². The summed E-state index contributed by atoms with van der Waals surface area (Å²) in [5.41, 5.74) is 6.06. The molecular weight excluding hydrogens is 594 g/mol. The molecule has 1 aromatic heterocycles. The number of H-pyrrole nitrogens is 1. The second kappa shape index (κ2) is 14.8. The Morgan fingerprint density at radius 2 is 1.83 bits per heavy atom. The van der Waals surface area contributed by atoms with Crippen molar-refractivity contribution in [1.29, 1.82) is 0 Å². The number of aliphatic hydroxyl groups is 1. The molecule has 1 aliphatic heterocycles. The molecule has 10 heteroatoms. The molecule has 2 amide bonds. The number of para-hydroxylation sites is 2. The van der Waals surface area contributed by atoms with Crippen LogP contribution in [-0.2, 0) is 11.3 Å². The minimum absolute atomic E-state index is 0.109. The van der Waals surface area contributed by atoms with Crippen molar-refractivity contribution in [2.45, 2.75) is 32.2 Å². The lowest BCUT2D eigenvalue weighted by atomic mass is 10.0. The molecule has 0 aliphatic carbocycles. The van der Waals surface area contributed by atoms with Gasteiger partial charge in [0, 0.05) is 48.5 Å². The van der Waals surface area contributed by atoms with Gasteiger partial charge in [-0.25, -0.2) is 4.79 Å². The van der Waals surface area contributed by atoms with Gasteiger partial charge in [-0.05, 0) is 78.4 Å². The smallest absolute Gasteiger partial charge is 0.407 e. The summed E-state index contributed by atoms with van der Waals surface area (Å²) in [5.74, 6) is 0.440. The number of anilines is 2. The number of aliphatic hydroxyl groups excluding tert-OH is 1. The Kier molecular flexibility index (Phi) is 10.00. The van der Waals surface area contributed by atoms with Crippen LogP contribution >= 0.6 is 0 Å². The SMILES string of the molecule is CC1CCN(C(=O)c2ccc(-c3ccc4[nH]ccc4c3)c(OCCNC(O)COC(=O)NCc3ccccc3)c2)c2ccccc2N1.